The van der Waals surface area contributed by atoms with Crippen molar-refractivity contribution in [3.05, 3.63) is 59.4 Å². The van der Waals surface area contributed by atoms with Gasteiger partial charge in [0, 0.05) is 35.7 Å². The second-order valence-electron chi connectivity index (χ2n) is 7.97. The molecule has 0 N–H and O–H groups in total. The lowest BCUT2D eigenvalue weighted by atomic mass is 9.84. The summed E-state index contributed by atoms with van der Waals surface area (Å²) >= 11 is 0. The van der Waals surface area contributed by atoms with Crippen molar-refractivity contribution >= 4 is 22.7 Å². The Morgan fingerprint density at radius 3 is 2.90 bits per heavy atom. The summed E-state index contributed by atoms with van der Waals surface area (Å²) in [4.78, 5) is 23.9. The van der Waals surface area contributed by atoms with Gasteiger partial charge in [0.15, 0.2) is 5.76 Å². The minimum absolute atomic E-state index is 0.0452. The highest BCUT2D eigenvalue weighted by atomic mass is 16.3. The molecular formula is C22H23N5O2. The second kappa shape index (κ2) is 6.69. The summed E-state index contributed by atoms with van der Waals surface area (Å²) in [6.45, 7) is 7.49. The van der Waals surface area contributed by atoms with E-state index in [-0.39, 0.29) is 11.8 Å². The number of hydrogen-bond donors (Lipinski definition) is 0. The summed E-state index contributed by atoms with van der Waals surface area (Å²) in [7, 11) is 0. The number of aromatic nitrogens is 4. The molecule has 4 aromatic rings. The molecule has 0 aliphatic carbocycles. The largest absolute Gasteiger partial charge is 0.451 e. The summed E-state index contributed by atoms with van der Waals surface area (Å²) in [5, 5.41) is 5.35. The highest BCUT2D eigenvalue weighted by Gasteiger charge is 2.34. The maximum Gasteiger partial charge on any atom is 0.289 e. The predicted octanol–water partition coefficient (Wildman–Crippen LogP) is 3.75. The molecule has 7 heteroatoms. The second-order valence-corrected chi connectivity index (χ2v) is 7.97. The van der Waals surface area contributed by atoms with Gasteiger partial charge in [0.2, 0.25) is 0 Å². The molecule has 148 valence electrons. The van der Waals surface area contributed by atoms with Crippen LogP contribution in [-0.4, -0.2) is 43.5 Å². The summed E-state index contributed by atoms with van der Waals surface area (Å²) < 4.78 is 7.73. The van der Waals surface area contributed by atoms with Gasteiger partial charge in [-0.1, -0.05) is 25.1 Å². The summed E-state index contributed by atoms with van der Waals surface area (Å²) in [5.41, 5.74) is 3.61. The van der Waals surface area contributed by atoms with E-state index in [0.29, 0.717) is 24.0 Å². The molecule has 1 aromatic carbocycles. The van der Waals surface area contributed by atoms with Gasteiger partial charge >= 0.3 is 0 Å². The lowest BCUT2D eigenvalue weighted by Crippen LogP contribution is -2.42. The van der Waals surface area contributed by atoms with Crippen LogP contribution in [0, 0.1) is 19.8 Å². The van der Waals surface area contributed by atoms with E-state index in [1.165, 1.54) is 6.33 Å². The first kappa shape index (κ1) is 17.8. The lowest BCUT2D eigenvalue weighted by molar-refractivity contribution is 0.0635. The van der Waals surface area contributed by atoms with E-state index < -0.39 is 0 Å². The topological polar surface area (TPSA) is 76.5 Å². The smallest absolute Gasteiger partial charge is 0.289 e. The van der Waals surface area contributed by atoms with Gasteiger partial charge < -0.3 is 9.32 Å². The van der Waals surface area contributed by atoms with Crippen LogP contribution < -0.4 is 0 Å². The number of furan rings is 1. The third-order valence-electron chi connectivity index (χ3n) is 6.07. The van der Waals surface area contributed by atoms with E-state index >= 15 is 0 Å². The van der Waals surface area contributed by atoms with Crippen LogP contribution >= 0.6 is 0 Å². The van der Waals surface area contributed by atoms with Gasteiger partial charge in [-0.2, -0.15) is 10.1 Å². The predicted molar refractivity (Wildman–Crippen MR) is 109 cm³/mol. The van der Waals surface area contributed by atoms with Crippen LogP contribution in [0.3, 0.4) is 0 Å². The molecule has 5 rings (SSSR count). The number of likely N-dealkylation sites (tertiary alicyclic amines) is 1. The van der Waals surface area contributed by atoms with E-state index in [1.807, 2.05) is 43.0 Å². The van der Waals surface area contributed by atoms with E-state index in [4.69, 9.17) is 4.42 Å². The van der Waals surface area contributed by atoms with Crippen molar-refractivity contribution in [2.75, 3.05) is 13.1 Å². The molecule has 4 heterocycles. The molecule has 0 unspecified atom stereocenters. The first-order valence-electron chi connectivity index (χ1n) is 9.97. The summed E-state index contributed by atoms with van der Waals surface area (Å²) in [6, 6.07) is 9.85. The molecule has 1 saturated heterocycles. The zero-order valence-electron chi connectivity index (χ0n) is 16.8. The number of para-hydroxylation sites is 1. The minimum atomic E-state index is -0.0452. The SMILES string of the molecule is Cc1cc([C@@H]2CN(C(=O)c3oc4ccccc4c3C)CC[C@H]2C)n2ncnc2n1. The molecule has 29 heavy (non-hydrogen) atoms. The molecule has 0 radical (unpaired) electrons. The molecule has 0 saturated carbocycles. The zero-order chi connectivity index (χ0) is 20.1. The number of benzene rings is 1. The molecule has 7 nitrogen and oxygen atoms in total. The van der Waals surface area contributed by atoms with Crippen LogP contribution in [0.2, 0.25) is 0 Å². The van der Waals surface area contributed by atoms with E-state index in [9.17, 15) is 4.79 Å². The summed E-state index contributed by atoms with van der Waals surface area (Å²) in [6.07, 6.45) is 2.45. The van der Waals surface area contributed by atoms with Crippen molar-refractivity contribution in [2.24, 2.45) is 5.92 Å². The van der Waals surface area contributed by atoms with Gasteiger partial charge in [-0.3, -0.25) is 4.79 Å². The molecule has 1 fully saturated rings. The standard InChI is InChI=1S/C22H23N5O2/c1-13-8-9-26(21(28)20-15(3)16-6-4-5-7-19(16)29-20)11-17(13)18-10-14(2)25-22-23-12-24-27(18)22/h4-7,10,12-13,17H,8-9,11H2,1-3H3/t13-,17-/m1/s1. The lowest BCUT2D eigenvalue weighted by Gasteiger charge is -2.37. The van der Waals surface area contributed by atoms with Crippen LogP contribution in [-0.2, 0) is 0 Å². The molecule has 0 spiro atoms. The third-order valence-corrected chi connectivity index (χ3v) is 6.07. The van der Waals surface area contributed by atoms with Gasteiger partial charge in [-0.25, -0.2) is 9.50 Å². The van der Waals surface area contributed by atoms with E-state index in [2.05, 4.69) is 28.1 Å². The van der Waals surface area contributed by atoms with Crippen molar-refractivity contribution in [3.8, 4) is 0 Å². The van der Waals surface area contributed by atoms with Crippen molar-refractivity contribution in [2.45, 2.75) is 33.1 Å². The van der Waals surface area contributed by atoms with Gasteiger partial charge in [-0.15, -0.1) is 0 Å². The van der Waals surface area contributed by atoms with Crippen LogP contribution in [0.5, 0.6) is 0 Å². The van der Waals surface area contributed by atoms with Crippen molar-refractivity contribution in [3.63, 3.8) is 0 Å². The van der Waals surface area contributed by atoms with Gasteiger partial charge in [0.1, 0.15) is 11.9 Å². The first-order valence-corrected chi connectivity index (χ1v) is 9.97. The Labute approximate surface area is 168 Å². The van der Waals surface area contributed by atoms with Crippen LogP contribution in [0.15, 0.2) is 41.1 Å². The number of amides is 1. The van der Waals surface area contributed by atoms with Gasteiger partial charge in [-0.05, 0) is 38.3 Å². The Bertz CT molecular complexity index is 1220. The number of hydrogen-bond acceptors (Lipinski definition) is 5. The Morgan fingerprint density at radius 2 is 2.07 bits per heavy atom. The average Bonchev–Trinajstić information content (AvgIpc) is 3.32. The van der Waals surface area contributed by atoms with Crippen molar-refractivity contribution < 1.29 is 9.21 Å². The molecule has 1 amide bonds. The quantitative estimate of drug-likeness (QED) is 0.522. The molecular weight excluding hydrogens is 366 g/mol. The Balaban J connectivity index is 1.50. The maximum atomic E-state index is 13.3. The Kier molecular flexibility index (Phi) is 4.12. The normalized spacial score (nSPS) is 19.9. The van der Waals surface area contributed by atoms with Crippen LogP contribution in [0.4, 0.5) is 0 Å². The number of fused-ring (bicyclic) bond motifs is 2. The molecule has 0 bridgehead atoms. The number of aryl methyl sites for hydroxylation is 2. The fraction of sp³-hybridized carbons (Fsp3) is 0.364. The molecule has 3 aromatic heterocycles. The third kappa shape index (κ3) is 2.88. The fourth-order valence-corrected chi connectivity index (χ4v) is 4.38. The monoisotopic (exact) mass is 389 g/mol. The molecule has 2 atom stereocenters. The van der Waals surface area contributed by atoms with Gasteiger partial charge in [0.25, 0.3) is 11.7 Å². The van der Waals surface area contributed by atoms with Crippen LogP contribution in [0.25, 0.3) is 16.7 Å². The number of piperidine rings is 1. The maximum absolute atomic E-state index is 13.3. The van der Waals surface area contributed by atoms with Crippen LogP contribution in [0.1, 0.15) is 46.8 Å². The number of carbonyl (C=O) groups excluding carboxylic acids is 1. The number of nitrogens with zero attached hydrogens (tertiary/aromatic N) is 5. The van der Waals surface area contributed by atoms with E-state index in [1.54, 1.807) is 4.52 Å². The average molecular weight is 389 g/mol. The fourth-order valence-electron chi connectivity index (χ4n) is 4.38. The summed E-state index contributed by atoms with van der Waals surface area (Å²) in [5.74, 6) is 1.57. The number of rotatable bonds is 2. The van der Waals surface area contributed by atoms with E-state index in [0.717, 1.165) is 40.9 Å². The zero-order valence-corrected chi connectivity index (χ0v) is 16.8. The van der Waals surface area contributed by atoms with Gasteiger partial charge in [0.05, 0.1) is 5.69 Å². The molecule has 1 aliphatic heterocycles. The minimum Gasteiger partial charge on any atom is -0.451 e. The van der Waals surface area contributed by atoms with Crippen molar-refractivity contribution in [1.29, 1.82) is 0 Å². The highest BCUT2D eigenvalue weighted by Crippen LogP contribution is 2.34. The number of carbonyl (C=O) groups is 1. The van der Waals surface area contributed by atoms with Crippen molar-refractivity contribution in [1.82, 2.24) is 24.5 Å². The Morgan fingerprint density at radius 1 is 1.24 bits per heavy atom. The highest BCUT2D eigenvalue weighted by molar-refractivity contribution is 5.99. The Hall–Kier alpha value is -3.22. The molecule has 1 aliphatic rings. The first-order chi connectivity index (χ1) is 14.0.